The molecular formula is C34H35NP2. The molecule has 1 aliphatic carbocycles. The van der Waals surface area contributed by atoms with Crippen LogP contribution in [0.15, 0.2) is 133 Å². The van der Waals surface area contributed by atoms with Crippen molar-refractivity contribution in [1.29, 1.82) is 0 Å². The van der Waals surface area contributed by atoms with Crippen molar-refractivity contribution in [3.63, 3.8) is 0 Å². The number of hydrogen-bond acceptors (Lipinski definition) is 1. The largest absolute Gasteiger partial charge is 0.274 e. The summed E-state index contributed by atoms with van der Waals surface area (Å²) in [7, 11) is 1.06. The molecule has 0 radical (unpaired) electrons. The van der Waals surface area contributed by atoms with E-state index in [0.717, 1.165) is 0 Å². The molecule has 186 valence electrons. The van der Waals surface area contributed by atoms with E-state index in [1.807, 2.05) is 0 Å². The molecule has 0 amide bonds. The maximum Gasteiger partial charge on any atom is 0.0281 e. The van der Waals surface area contributed by atoms with Gasteiger partial charge in [-0.1, -0.05) is 139 Å². The molecule has 0 spiro atoms. The minimum absolute atomic E-state index is 0.344. The second kappa shape index (κ2) is 11.7. The molecule has 1 aliphatic rings. The maximum absolute atomic E-state index is 2.64. The van der Waals surface area contributed by atoms with Gasteiger partial charge in [0, 0.05) is 20.0 Å². The molecule has 0 saturated carbocycles. The molecule has 0 aliphatic heterocycles. The Kier molecular flexibility index (Phi) is 8.17. The van der Waals surface area contributed by atoms with Crippen LogP contribution in [0.1, 0.15) is 18.1 Å². The number of allylic oxidation sites excluding steroid dienone is 2. The molecule has 2 atom stereocenters. The molecule has 1 unspecified atom stereocenters. The van der Waals surface area contributed by atoms with E-state index in [4.69, 9.17) is 0 Å². The van der Waals surface area contributed by atoms with Crippen LogP contribution in [0.3, 0.4) is 0 Å². The van der Waals surface area contributed by atoms with Crippen LogP contribution in [0, 0.1) is 19.8 Å². The van der Waals surface area contributed by atoms with E-state index in [9.17, 15) is 0 Å². The van der Waals surface area contributed by atoms with Crippen molar-refractivity contribution in [2.24, 2.45) is 5.92 Å². The van der Waals surface area contributed by atoms with Crippen molar-refractivity contribution in [3.05, 3.63) is 144 Å². The average Bonchev–Trinajstić information content (AvgIpc) is 3.41. The third-order valence-electron chi connectivity index (χ3n) is 7.20. The summed E-state index contributed by atoms with van der Waals surface area (Å²) in [5.41, 5.74) is 2.61. The van der Waals surface area contributed by atoms with E-state index in [1.54, 1.807) is 0 Å². The second-order valence-electron chi connectivity index (χ2n) is 9.81. The molecule has 4 aromatic rings. The molecule has 37 heavy (non-hydrogen) atoms. The molecule has 0 N–H and O–H groups in total. The zero-order chi connectivity index (χ0) is 25.8. The molecule has 1 nitrogen and oxygen atoms in total. The van der Waals surface area contributed by atoms with Crippen LogP contribution in [0.2, 0.25) is 0 Å². The molecule has 5 rings (SSSR count). The first-order chi connectivity index (χ1) is 18.0. The smallest absolute Gasteiger partial charge is 0.0281 e. The lowest BCUT2D eigenvalue weighted by Gasteiger charge is -2.38. The maximum atomic E-state index is 2.64. The highest BCUT2D eigenvalue weighted by Gasteiger charge is 2.34. The number of rotatable bonds is 8. The van der Waals surface area contributed by atoms with Gasteiger partial charge in [0.05, 0.1) is 0 Å². The van der Waals surface area contributed by atoms with Gasteiger partial charge in [-0.3, -0.25) is 4.67 Å². The lowest BCUT2D eigenvalue weighted by atomic mass is 10.0. The van der Waals surface area contributed by atoms with E-state index in [-0.39, 0.29) is 0 Å². The van der Waals surface area contributed by atoms with Crippen molar-refractivity contribution in [2.75, 3.05) is 7.05 Å². The van der Waals surface area contributed by atoms with Crippen LogP contribution in [-0.4, -0.2) is 17.8 Å². The predicted octanol–water partition coefficient (Wildman–Crippen LogP) is 7.17. The first kappa shape index (κ1) is 25.8. The van der Waals surface area contributed by atoms with Crippen molar-refractivity contribution in [2.45, 2.75) is 26.8 Å². The summed E-state index contributed by atoms with van der Waals surface area (Å²) in [5.74, 6) is 0.359. The molecule has 0 saturated heterocycles. The Morgan fingerprint density at radius 3 is 1.54 bits per heavy atom. The van der Waals surface area contributed by atoms with E-state index in [1.165, 1.54) is 37.7 Å². The molecule has 0 heterocycles. The topological polar surface area (TPSA) is 3.24 Å². The fraction of sp³-hybridized carbons (Fsp3) is 0.176. The molecule has 0 bridgehead atoms. The molecule has 3 heteroatoms. The van der Waals surface area contributed by atoms with Crippen LogP contribution in [0.5, 0.6) is 0 Å². The molecular weight excluding hydrogens is 484 g/mol. The average molecular weight is 520 g/mol. The quantitative estimate of drug-likeness (QED) is 0.223. The number of hydrogen-bond donors (Lipinski definition) is 0. The van der Waals surface area contributed by atoms with Gasteiger partial charge in [0.1, 0.15) is 0 Å². The van der Waals surface area contributed by atoms with Gasteiger partial charge >= 0.3 is 0 Å². The SMILES string of the molecule is Cc1ccc(P(c2ccc(C)cc2)N(C)[C@@H](C)C2C=CC=C2P(c2ccccc2)c2ccccc2)cc1. The minimum Gasteiger partial charge on any atom is -0.274 e. The molecule has 4 aromatic carbocycles. The highest BCUT2D eigenvalue weighted by molar-refractivity contribution is 7.76. The summed E-state index contributed by atoms with van der Waals surface area (Å²) in [6, 6.07) is 40.8. The standard InChI is InChI=1S/C34H35NP2/c1-26-18-22-31(23-19-26)37(32-24-20-27(2)21-25-32)35(4)28(3)33-16-11-17-34(33)36(29-12-7-5-8-13-29)30-14-9-6-10-15-30/h5-25,28,33H,1-4H3/t28-,33?/m0/s1. The lowest BCUT2D eigenvalue weighted by molar-refractivity contribution is 0.381. The first-order valence-electron chi connectivity index (χ1n) is 13.0. The Morgan fingerprint density at radius 2 is 1.08 bits per heavy atom. The monoisotopic (exact) mass is 519 g/mol. The van der Waals surface area contributed by atoms with E-state index in [0.29, 0.717) is 12.0 Å². The van der Waals surface area contributed by atoms with E-state index in [2.05, 4.69) is 160 Å². The second-order valence-corrected chi connectivity index (χ2v) is 14.3. The number of benzene rings is 4. The van der Waals surface area contributed by atoms with Gasteiger partial charge in [0.25, 0.3) is 0 Å². The van der Waals surface area contributed by atoms with E-state index >= 15 is 0 Å². The van der Waals surface area contributed by atoms with Gasteiger partial charge in [0.15, 0.2) is 0 Å². The molecule has 0 fully saturated rings. The first-order valence-corrected chi connectivity index (χ1v) is 15.6. The Hall–Kier alpha value is -2.82. The van der Waals surface area contributed by atoms with Gasteiger partial charge in [-0.05, 0) is 62.3 Å². The van der Waals surface area contributed by atoms with Crippen molar-refractivity contribution in [1.82, 2.24) is 4.67 Å². The van der Waals surface area contributed by atoms with Gasteiger partial charge in [-0.25, -0.2) is 0 Å². The van der Waals surface area contributed by atoms with Crippen LogP contribution in [0.4, 0.5) is 0 Å². The Balaban J connectivity index is 1.51. The van der Waals surface area contributed by atoms with Crippen LogP contribution in [-0.2, 0) is 0 Å². The summed E-state index contributed by atoms with van der Waals surface area (Å²) in [5, 5.41) is 7.17. The van der Waals surface area contributed by atoms with Gasteiger partial charge in [-0.2, -0.15) is 0 Å². The lowest BCUT2D eigenvalue weighted by Crippen LogP contribution is -2.37. The van der Waals surface area contributed by atoms with Crippen molar-refractivity contribution < 1.29 is 0 Å². The normalized spacial score (nSPS) is 16.0. The summed E-state index contributed by atoms with van der Waals surface area (Å²) in [6.07, 6.45) is 7.10. The van der Waals surface area contributed by atoms with E-state index < -0.39 is 16.0 Å². The van der Waals surface area contributed by atoms with Crippen molar-refractivity contribution in [3.8, 4) is 0 Å². The zero-order valence-corrected chi connectivity index (χ0v) is 23.9. The summed E-state index contributed by atoms with van der Waals surface area (Å²) in [6.45, 7) is 6.75. The van der Waals surface area contributed by atoms with Crippen LogP contribution in [0.25, 0.3) is 0 Å². The minimum atomic E-state index is -0.660. The fourth-order valence-electron chi connectivity index (χ4n) is 5.02. The third-order valence-corrected chi connectivity index (χ3v) is 12.4. The summed E-state index contributed by atoms with van der Waals surface area (Å²) < 4.78 is 2.64. The van der Waals surface area contributed by atoms with Gasteiger partial charge in [-0.15, -0.1) is 0 Å². The summed E-state index contributed by atoms with van der Waals surface area (Å²) in [4.78, 5) is 0. The Labute approximate surface area is 225 Å². The van der Waals surface area contributed by atoms with Gasteiger partial charge in [0.2, 0.25) is 0 Å². The number of nitrogens with zero attached hydrogens (tertiary/aromatic N) is 1. The van der Waals surface area contributed by atoms with Crippen molar-refractivity contribution >= 4 is 37.2 Å². The highest BCUT2D eigenvalue weighted by atomic mass is 31.1. The van der Waals surface area contributed by atoms with Crippen LogP contribution >= 0.6 is 16.0 Å². The Bertz CT molecular complexity index is 1270. The predicted molar refractivity (Wildman–Crippen MR) is 166 cm³/mol. The molecule has 0 aromatic heterocycles. The fourth-order valence-corrected chi connectivity index (χ4v) is 10.1. The number of aryl methyl sites for hydroxylation is 2. The third kappa shape index (κ3) is 5.71. The zero-order valence-electron chi connectivity index (χ0n) is 22.1. The van der Waals surface area contributed by atoms with Gasteiger partial charge < -0.3 is 0 Å². The van der Waals surface area contributed by atoms with Crippen LogP contribution < -0.4 is 21.2 Å². The highest BCUT2D eigenvalue weighted by Crippen LogP contribution is 2.52. The summed E-state index contributed by atoms with van der Waals surface area (Å²) >= 11 is 0. The Morgan fingerprint density at radius 1 is 0.622 bits per heavy atom.